The molecular weight excluding hydrogens is 340 g/mol. The molecule has 0 amide bonds. The van der Waals surface area contributed by atoms with E-state index in [1.54, 1.807) is 0 Å². The number of nitrogens with zero attached hydrogens (tertiary/aromatic N) is 2. The van der Waals surface area contributed by atoms with Crippen molar-refractivity contribution in [1.29, 1.82) is 0 Å². The van der Waals surface area contributed by atoms with E-state index in [4.69, 9.17) is 14.1 Å². The average molecular weight is 373 g/mol. The van der Waals surface area contributed by atoms with Crippen LogP contribution in [0.5, 0.6) is 0 Å². The van der Waals surface area contributed by atoms with Crippen LogP contribution in [0.25, 0.3) is 11.0 Å². The van der Waals surface area contributed by atoms with Crippen LogP contribution >= 0.6 is 0 Å². The molecule has 0 spiro atoms. The Morgan fingerprint density at radius 2 is 1.93 bits per heavy atom. The summed E-state index contributed by atoms with van der Waals surface area (Å²) in [7, 11) is 0. The van der Waals surface area contributed by atoms with Gasteiger partial charge >= 0.3 is 0 Å². The first-order chi connectivity index (χ1) is 13.0. The second-order valence-electron chi connectivity index (χ2n) is 7.61. The zero-order chi connectivity index (χ0) is 19.3. The predicted molar refractivity (Wildman–Crippen MR) is 110 cm³/mol. The van der Waals surface area contributed by atoms with Gasteiger partial charge in [0, 0.05) is 42.7 Å². The first-order valence-electron chi connectivity index (χ1n) is 9.83. The highest BCUT2D eigenvalue weighted by atomic mass is 16.5. The summed E-state index contributed by atoms with van der Waals surface area (Å²) >= 11 is 0. The lowest BCUT2D eigenvalue weighted by atomic mass is 10.0. The lowest BCUT2D eigenvalue weighted by Gasteiger charge is -2.41. The van der Waals surface area contributed by atoms with Gasteiger partial charge in [-0.25, -0.2) is 4.99 Å². The molecule has 6 heteroatoms. The van der Waals surface area contributed by atoms with Crippen molar-refractivity contribution in [1.82, 2.24) is 15.5 Å². The number of hydrogen-bond donors (Lipinski definition) is 2. The van der Waals surface area contributed by atoms with Gasteiger partial charge in [-0.2, -0.15) is 0 Å². The molecule has 0 aliphatic carbocycles. The van der Waals surface area contributed by atoms with Crippen molar-refractivity contribution in [2.75, 3.05) is 39.4 Å². The van der Waals surface area contributed by atoms with Gasteiger partial charge in [-0.3, -0.25) is 4.90 Å². The minimum Gasteiger partial charge on any atom is -0.459 e. The van der Waals surface area contributed by atoms with Crippen molar-refractivity contribution in [3.63, 3.8) is 0 Å². The minimum atomic E-state index is 0.0370. The number of nitrogens with one attached hydrogen (secondary N) is 2. The van der Waals surface area contributed by atoms with E-state index in [0.29, 0.717) is 6.54 Å². The zero-order valence-electron chi connectivity index (χ0n) is 17.0. The molecule has 1 aromatic heterocycles. The fourth-order valence-electron chi connectivity index (χ4n) is 3.45. The highest BCUT2D eigenvalue weighted by Crippen LogP contribution is 2.25. The maximum atomic E-state index is 5.98. The third-order valence-electron chi connectivity index (χ3n) is 5.22. The molecule has 6 nitrogen and oxygen atoms in total. The minimum absolute atomic E-state index is 0.0370. The summed E-state index contributed by atoms with van der Waals surface area (Å²) in [6.07, 6.45) is 0. The number of ether oxygens (including phenoxy) is 1. The van der Waals surface area contributed by atoms with Crippen LogP contribution in [0.15, 0.2) is 33.7 Å². The number of para-hydroxylation sites is 1. The molecule has 0 unspecified atom stereocenters. The van der Waals surface area contributed by atoms with Crippen LogP contribution in [0.2, 0.25) is 0 Å². The number of rotatable bonds is 6. The molecule has 3 rings (SSSR count). The van der Waals surface area contributed by atoms with Gasteiger partial charge in [0.1, 0.15) is 17.9 Å². The average Bonchev–Trinajstić information content (AvgIpc) is 3.01. The summed E-state index contributed by atoms with van der Waals surface area (Å²) in [5.41, 5.74) is 2.13. The van der Waals surface area contributed by atoms with Crippen molar-refractivity contribution < 1.29 is 9.15 Å². The Morgan fingerprint density at radius 1 is 1.19 bits per heavy atom. The molecule has 1 aliphatic rings. The van der Waals surface area contributed by atoms with Crippen LogP contribution in [0.3, 0.4) is 0 Å². The number of morpholine rings is 1. The Labute approximate surface area is 162 Å². The van der Waals surface area contributed by atoms with E-state index < -0.39 is 0 Å². The first-order valence-corrected chi connectivity index (χ1v) is 9.83. The molecule has 1 aliphatic heterocycles. The topological polar surface area (TPSA) is 62.0 Å². The molecule has 1 saturated heterocycles. The van der Waals surface area contributed by atoms with E-state index in [1.807, 2.05) is 18.2 Å². The highest BCUT2D eigenvalue weighted by Gasteiger charge is 2.28. The van der Waals surface area contributed by atoms with E-state index in [0.717, 1.165) is 62.1 Å². The Balaban J connectivity index is 1.66. The van der Waals surface area contributed by atoms with Gasteiger partial charge in [0.05, 0.1) is 13.2 Å². The number of benzene rings is 1. The number of fused-ring (bicyclic) bond motifs is 1. The smallest absolute Gasteiger partial charge is 0.191 e. The van der Waals surface area contributed by atoms with E-state index >= 15 is 0 Å². The van der Waals surface area contributed by atoms with Gasteiger partial charge in [0.15, 0.2) is 5.96 Å². The molecular formula is C21H32N4O2. The van der Waals surface area contributed by atoms with Gasteiger partial charge < -0.3 is 19.8 Å². The quantitative estimate of drug-likeness (QED) is 0.603. The van der Waals surface area contributed by atoms with Gasteiger partial charge in [-0.15, -0.1) is 0 Å². The molecule has 1 aromatic carbocycles. The van der Waals surface area contributed by atoms with E-state index in [9.17, 15) is 0 Å². The molecule has 2 N–H and O–H groups in total. The number of hydrogen-bond acceptors (Lipinski definition) is 4. The number of aryl methyl sites for hydroxylation is 1. The van der Waals surface area contributed by atoms with Crippen LogP contribution in [0.4, 0.5) is 0 Å². The summed E-state index contributed by atoms with van der Waals surface area (Å²) < 4.78 is 11.5. The van der Waals surface area contributed by atoms with Crippen LogP contribution in [-0.4, -0.2) is 55.8 Å². The molecule has 2 aromatic rings. The first kappa shape index (κ1) is 19.7. The van der Waals surface area contributed by atoms with Crippen LogP contribution in [-0.2, 0) is 11.3 Å². The maximum Gasteiger partial charge on any atom is 0.191 e. The highest BCUT2D eigenvalue weighted by molar-refractivity contribution is 5.82. The van der Waals surface area contributed by atoms with Crippen molar-refractivity contribution in [3.8, 4) is 0 Å². The van der Waals surface area contributed by atoms with Crippen LogP contribution < -0.4 is 10.6 Å². The van der Waals surface area contributed by atoms with E-state index in [2.05, 4.69) is 49.3 Å². The van der Waals surface area contributed by atoms with Crippen LogP contribution in [0.1, 0.15) is 32.1 Å². The van der Waals surface area contributed by atoms with Crippen molar-refractivity contribution in [2.45, 2.75) is 39.8 Å². The standard InChI is InChI=1S/C21H32N4O2/c1-5-22-20(24-15-21(3,4)25-10-12-26-13-11-25)23-14-19-16(2)17-8-6-7-9-18(17)27-19/h6-9H,5,10-15H2,1-4H3,(H2,22,23,24). The number of aliphatic imine (C=N–C) groups is 1. The largest absolute Gasteiger partial charge is 0.459 e. The fraction of sp³-hybridized carbons (Fsp3) is 0.571. The summed E-state index contributed by atoms with van der Waals surface area (Å²) in [6, 6.07) is 8.13. The Morgan fingerprint density at radius 3 is 2.63 bits per heavy atom. The summed E-state index contributed by atoms with van der Waals surface area (Å²) in [5, 5.41) is 7.99. The zero-order valence-corrected chi connectivity index (χ0v) is 17.0. The molecule has 0 atom stereocenters. The molecule has 27 heavy (non-hydrogen) atoms. The summed E-state index contributed by atoms with van der Waals surface area (Å²) in [6.45, 7) is 14.4. The number of guanidine groups is 1. The van der Waals surface area contributed by atoms with Gasteiger partial charge in [0.2, 0.25) is 0 Å². The van der Waals surface area contributed by atoms with E-state index in [-0.39, 0.29) is 5.54 Å². The third kappa shape index (κ3) is 4.82. The van der Waals surface area contributed by atoms with Gasteiger partial charge in [-0.1, -0.05) is 18.2 Å². The fourth-order valence-corrected chi connectivity index (χ4v) is 3.45. The lowest BCUT2D eigenvalue weighted by molar-refractivity contribution is -0.00834. The molecule has 0 saturated carbocycles. The third-order valence-corrected chi connectivity index (χ3v) is 5.22. The maximum absolute atomic E-state index is 5.98. The van der Waals surface area contributed by atoms with Gasteiger partial charge in [0.25, 0.3) is 0 Å². The molecule has 1 fully saturated rings. The summed E-state index contributed by atoms with van der Waals surface area (Å²) in [5.74, 6) is 1.74. The van der Waals surface area contributed by atoms with E-state index in [1.165, 1.54) is 5.56 Å². The lowest BCUT2D eigenvalue weighted by Crippen LogP contribution is -2.56. The van der Waals surface area contributed by atoms with Gasteiger partial charge in [-0.05, 0) is 33.8 Å². The number of furan rings is 1. The van der Waals surface area contributed by atoms with Crippen molar-refractivity contribution in [2.24, 2.45) is 4.99 Å². The molecule has 2 heterocycles. The van der Waals surface area contributed by atoms with Crippen molar-refractivity contribution >= 4 is 16.9 Å². The molecule has 0 radical (unpaired) electrons. The second-order valence-corrected chi connectivity index (χ2v) is 7.61. The Hall–Kier alpha value is -2.05. The van der Waals surface area contributed by atoms with Crippen molar-refractivity contribution in [3.05, 3.63) is 35.6 Å². The predicted octanol–water partition coefficient (Wildman–Crippen LogP) is 2.91. The second kappa shape index (κ2) is 8.76. The molecule has 148 valence electrons. The van der Waals surface area contributed by atoms with Crippen LogP contribution in [0, 0.1) is 6.92 Å². The molecule has 0 bridgehead atoms. The Kier molecular flexibility index (Phi) is 6.39. The normalized spacial score (nSPS) is 16.7. The monoisotopic (exact) mass is 372 g/mol. The summed E-state index contributed by atoms with van der Waals surface area (Å²) in [4.78, 5) is 7.21. The SMILES string of the molecule is CCNC(=NCc1oc2ccccc2c1C)NCC(C)(C)N1CCOCC1. The Bertz CT molecular complexity index is 776.